The van der Waals surface area contributed by atoms with Crippen LogP contribution in [0.5, 0.6) is 0 Å². The van der Waals surface area contributed by atoms with E-state index in [4.69, 9.17) is 10.8 Å². The summed E-state index contributed by atoms with van der Waals surface area (Å²) in [5.41, 5.74) is 7.14. The highest BCUT2D eigenvalue weighted by atomic mass is 16.4. The SMILES string of the molecule is CC(CCCc1ccccc1)C(N)CC(=O)O. The molecule has 0 amide bonds. The third-order valence-corrected chi connectivity index (χ3v) is 3.11. The van der Waals surface area contributed by atoms with Gasteiger partial charge in [-0.25, -0.2) is 0 Å². The maximum absolute atomic E-state index is 10.5. The topological polar surface area (TPSA) is 63.3 Å². The van der Waals surface area contributed by atoms with Crippen molar-refractivity contribution in [1.29, 1.82) is 0 Å². The van der Waals surface area contributed by atoms with Gasteiger partial charge in [-0.1, -0.05) is 37.3 Å². The fraction of sp³-hybridized carbons (Fsp3) is 0.500. The lowest BCUT2D eigenvalue weighted by Crippen LogP contribution is -2.30. The zero-order valence-electron chi connectivity index (χ0n) is 10.3. The number of aliphatic carboxylic acids is 1. The predicted octanol–water partition coefficient (Wildman–Crippen LogP) is 2.45. The molecule has 2 unspecified atom stereocenters. The van der Waals surface area contributed by atoms with Gasteiger partial charge in [0.25, 0.3) is 0 Å². The largest absolute Gasteiger partial charge is 0.481 e. The van der Waals surface area contributed by atoms with E-state index in [9.17, 15) is 4.79 Å². The summed E-state index contributed by atoms with van der Waals surface area (Å²) in [7, 11) is 0. The summed E-state index contributed by atoms with van der Waals surface area (Å²) in [4.78, 5) is 10.5. The number of aryl methyl sites for hydroxylation is 1. The molecule has 3 nitrogen and oxygen atoms in total. The third kappa shape index (κ3) is 5.50. The Morgan fingerprint density at radius 1 is 1.35 bits per heavy atom. The first-order valence-corrected chi connectivity index (χ1v) is 6.11. The number of carbonyl (C=O) groups is 1. The summed E-state index contributed by atoms with van der Waals surface area (Å²) >= 11 is 0. The Balaban J connectivity index is 2.24. The van der Waals surface area contributed by atoms with Crippen LogP contribution in [0.15, 0.2) is 30.3 Å². The smallest absolute Gasteiger partial charge is 0.304 e. The molecule has 0 aliphatic rings. The Hall–Kier alpha value is -1.35. The number of hydrogen-bond acceptors (Lipinski definition) is 2. The van der Waals surface area contributed by atoms with Gasteiger partial charge in [0.05, 0.1) is 6.42 Å². The Labute approximate surface area is 103 Å². The molecule has 3 N–H and O–H groups in total. The van der Waals surface area contributed by atoms with Crippen LogP contribution in [0, 0.1) is 5.92 Å². The van der Waals surface area contributed by atoms with Crippen LogP contribution in [-0.2, 0) is 11.2 Å². The van der Waals surface area contributed by atoms with Crippen LogP contribution in [0.2, 0.25) is 0 Å². The molecule has 17 heavy (non-hydrogen) atoms. The first kappa shape index (κ1) is 13.7. The van der Waals surface area contributed by atoms with E-state index in [1.54, 1.807) is 0 Å². The maximum atomic E-state index is 10.5. The van der Waals surface area contributed by atoms with Crippen molar-refractivity contribution in [1.82, 2.24) is 0 Å². The van der Waals surface area contributed by atoms with Crippen molar-refractivity contribution in [3.63, 3.8) is 0 Å². The standard InChI is InChI=1S/C14H21NO2/c1-11(13(15)10-14(16)17)6-5-9-12-7-3-2-4-8-12/h2-4,7-8,11,13H,5-6,9-10,15H2,1H3,(H,16,17). The monoisotopic (exact) mass is 235 g/mol. The Morgan fingerprint density at radius 3 is 2.59 bits per heavy atom. The minimum Gasteiger partial charge on any atom is -0.481 e. The molecule has 0 saturated heterocycles. The van der Waals surface area contributed by atoms with Gasteiger partial charge in [0.2, 0.25) is 0 Å². The number of carboxylic acid groups (broad SMARTS) is 1. The van der Waals surface area contributed by atoms with Gasteiger partial charge in [-0.15, -0.1) is 0 Å². The molecule has 1 rings (SSSR count). The molecule has 2 atom stereocenters. The minimum absolute atomic E-state index is 0.0620. The van der Waals surface area contributed by atoms with Crippen LogP contribution in [0.25, 0.3) is 0 Å². The lowest BCUT2D eigenvalue weighted by Gasteiger charge is -2.17. The molecule has 0 heterocycles. The summed E-state index contributed by atoms with van der Waals surface area (Å²) in [5, 5.41) is 8.66. The molecule has 0 aromatic heterocycles. The normalized spacial score (nSPS) is 14.2. The van der Waals surface area contributed by atoms with E-state index < -0.39 is 5.97 Å². The summed E-state index contributed by atoms with van der Waals surface area (Å²) in [6.07, 6.45) is 3.12. The second-order valence-electron chi connectivity index (χ2n) is 4.62. The van der Waals surface area contributed by atoms with Crippen molar-refractivity contribution < 1.29 is 9.90 Å². The quantitative estimate of drug-likeness (QED) is 0.763. The molecule has 0 aliphatic carbocycles. The molecule has 1 aromatic rings. The van der Waals surface area contributed by atoms with Crippen LogP contribution in [0.1, 0.15) is 31.7 Å². The van der Waals surface area contributed by atoms with Crippen molar-refractivity contribution in [2.75, 3.05) is 0 Å². The molecule has 0 saturated carbocycles. The first-order chi connectivity index (χ1) is 8.09. The number of hydrogen-bond donors (Lipinski definition) is 2. The van der Waals surface area contributed by atoms with Crippen LogP contribution in [0.4, 0.5) is 0 Å². The highest BCUT2D eigenvalue weighted by molar-refractivity contribution is 5.67. The molecule has 3 heteroatoms. The van der Waals surface area contributed by atoms with E-state index in [1.807, 2.05) is 25.1 Å². The van der Waals surface area contributed by atoms with Crippen molar-refractivity contribution in [3.05, 3.63) is 35.9 Å². The van der Waals surface area contributed by atoms with Crippen molar-refractivity contribution in [2.45, 2.75) is 38.6 Å². The second kappa shape index (κ2) is 7.07. The van der Waals surface area contributed by atoms with E-state index >= 15 is 0 Å². The molecule has 94 valence electrons. The lowest BCUT2D eigenvalue weighted by atomic mass is 9.93. The summed E-state index contributed by atoms with van der Waals surface area (Å²) < 4.78 is 0. The predicted molar refractivity (Wildman–Crippen MR) is 68.8 cm³/mol. The number of rotatable bonds is 7. The highest BCUT2D eigenvalue weighted by Crippen LogP contribution is 2.14. The number of nitrogens with two attached hydrogens (primary N) is 1. The minimum atomic E-state index is -0.813. The van der Waals surface area contributed by atoms with Crippen LogP contribution >= 0.6 is 0 Å². The van der Waals surface area contributed by atoms with Crippen molar-refractivity contribution >= 4 is 5.97 Å². The molecular weight excluding hydrogens is 214 g/mol. The maximum Gasteiger partial charge on any atom is 0.304 e. The van der Waals surface area contributed by atoms with Gasteiger partial charge < -0.3 is 10.8 Å². The van der Waals surface area contributed by atoms with E-state index in [-0.39, 0.29) is 18.4 Å². The Bertz CT molecular complexity index is 337. The zero-order valence-corrected chi connectivity index (χ0v) is 10.3. The van der Waals surface area contributed by atoms with E-state index in [2.05, 4.69) is 12.1 Å². The summed E-state index contributed by atoms with van der Waals surface area (Å²) in [6.45, 7) is 2.03. The Morgan fingerprint density at radius 2 is 2.00 bits per heavy atom. The van der Waals surface area contributed by atoms with Gasteiger partial charge in [0.1, 0.15) is 0 Å². The molecule has 0 bridgehead atoms. The second-order valence-corrected chi connectivity index (χ2v) is 4.62. The lowest BCUT2D eigenvalue weighted by molar-refractivity contribution is -0.137. The number of benzene rings is 1. The van der Waals surface area contributed by atoms with E-state index in [0.29, 0.717) is 0 Å². The third-order valence-electron chi connectivity index (χ3n) is 3.11. The molecular formula is C14H21NO2. The summed E-state index contributed by atoms with van der Waals surface area (Å²) in [6, 6.07) is 10.1. The van der Waals surface area contributed by atoms with Crippen LogP contribution < -0.4 is 5.73 Å². The number of carboxylic acids is 1. The fourth-order valence-corrected chi connectivity index (χ4v) is 1.89. The first-order valence-electron chi connectivity index (χ1n) is 6.11. The van der Waals surface area contributed by atoms with Gasteiger partial charge in [-0.2, -0.15) is 0 Å². The molecule has 0 aliphatic heterocycles. The Kier molecular flexibility index (Phi) is 5.70. The highest BCUT2D eigenvalue weighted by Gasteiger charge is 2.15. The van der Waals surface area contributed by atoms with Crippen molar-refractivity contribution in [3.8, 4) is 0 Å². The summed E-state index contributed by atoms with van der Waals surface area (Å²) in [5.74, 6) is -0.553. The molecule has 0 spiro atoms. The van der Waals surface area contributed by atoms with Gasteiger partial charge in [0.15, 0.2) is 0 Å². The van der Waals surface area contributed by atoms with Gasteiger partial charge in [-0.05, 0) is 30.7 Å². The van der Waals surface area contributed by atoms with Crippen LogP contribution in [-0.4, -0.2) is 17.1 Å². The van der Waals surface area contributed by atoms with Crippen molar-refractivity contribution in [2.24, 2.45) is 11.7 Å². The zero-order chi connectivity index (χ0) is 12.7. The van der Waals surface area contributed by atoms with E-state index in [0.717, 1.165) is 19.3 Å². The van der Waals surface area contributed by atoms with Gasteiger partial charge in [-0.3, -0.25) is 4.79 Å². The van der Waals surface area contributed by atoms with E-state index in [1.165, 1.54) is 5.56 Å². The molecule has 1 aromatic carbocycles. The van der Waals surface area contributed by atoms with Gasteiger partial charge >= 0.3 is 5.97 Å². The molecule has 0 fully saturated rings. The average molecular weight is 235 g/mol. The average Bonchev–Trinajstić information content (AvgIpc) is 2.29. The van der Waals surface area contributed by atoms with Gasteiger partial charge in [0, 0.05) is 6.04 Å². The fourth-order valence-electron chi connectivity index (χ4n) is 1.89. The van der Waals surface area contributed by atoms with Crippen LogP contribution in [0.3, 0.4) is 0 Å². The molecule has 0 radical (unpaired) electrons.